The molecule has 0 saturated heterocycles. The predicted octanol–water partition coefficient (Wildman–Crippen LogP) is 2.69. The topological polar surface area (TPSA) is 75.6 Å². The van der Waals surface area contributed by atoms with Crippen LogP contribution in [0.5, 0.6) is 5.75 Å². The van der Waals surface area contributed by atoms with Gasteiger partial charge in [0.25, 0.3) is 0 Å². The lowest BCUT2D eigenvalue weighted by atomic mass is 9.93. The molecular weight excluding hydrogens is 382 g/mol. The highest BCUT2D eigenvalue weighted by atomic mass is 79.9. The van der Waals surface area contributed by atoms with Crippen molar-refractivity contribution in [3.63, 3.8) is 0 Å². The fourth-order valence-electron chi connectivity index (χ4n) is 2.45. The average molecular weight is 399 g/mol. The van der Waals surface area contributed by atoms with Gasteiger partial charge in [0.2, 0.25) is 10.0 Å². The van der Waals surface area contributed by atoms with Crippen LogP contribution < -0.4 is 9.46 Å². The molecule has 1 aliphatic carbocycles. The first-order valence-corrected chi connectivity index (χ1v) is 9.24. The molecule has 5 nitrogen and oxygen atoms in total. The number of methoxy groups -OCH3 is 1. The van der Waals surface area contributed by atoms with Crippen LogP contribution in [-0.4, -0.2) is 32.8 Å². The van der Waals surface area contributed by atoms with E-state index in [-0.39, 0.29) is 15.7 Å². The number of hydrogen-bond acceptors (Lipinski definition) is 4. The van der Waals surface area contributed by atoms with E-state index in [0.717, 1.165) is 12.8 Å². The number of rotatable bonds is 4. The summed E-state index contributed by atoms with van der Waals surface area (Å²) in [5.41, 5.74) is 0. The molecule has 1 aromatic rings. The van der Waals surface area contributed by atoms with E-state index >= 15 is 0 Å². The highest BCUT2D eigenvalue weighted by Gasteiger charge is 2.30. The summed E-state index contributed by atoms with van der Waals surface area (Å²) in [6.45, 7) is 0. The van der Waals surface area contributed by atoms with Gasteiger partial charge in [0.15, 0.2) is 5.75 Å². The summed E-state index contributed by atoms with van der Waals surface area (Å²) >= 11 is 9.17. The van der Waals surface area contributed by atoms with Gasteiger partial charge in [-0.1, -0.05) is 24.4 Å². The first-order chi connectivity index (χ1) is 9.85. The minimum Gasteiger partial charge on any atom is -0.494 e. The van der Waals surface area contributed by atoms with Crippen molar-refractivity contribution in [2.45, 2.75) is 42.7 Å². The minimum absolute atomic E-state index is 0.0397. The van der Waals surface area contributed by atoms with Crippen molar-refractivity contribution in [3.05, 3.63) is 21.6 Å². The van der Waals surface area contributed by atoms with Gasteiger partial charge in [0.1, 0.15) is 4.90 Å². The van der Waals surface area contributed by atoms with E-state index in [9.17, 15) is 13.5 Å². The Hall–Kier alpha value is -0.340. The summed E-state index contributed by atoms with van der Waals surface area (Å²) in [5.74, 6) is 0.192. The molecule has 2 atom stereocenters. The molecule has 0 amide bonds. The Bertz CT molecular complexity index is 623. The monoisotopic (exact) mass is 397 g/mol. The normalized spacial score (nSPS) is 23.0. The minimum atomic E-state index is -3.83. The molecule has 1 aromatic carbocycles. The number of sulfonamides is 1. The highest BCUT2D eigenvalue weighted by molar-refractivity contribution is 9.10. The molecule has 8 heteroatoms. The maximum absolute atomic E-state index is 12.5. The SMILES string of the molecule is COc1c(Br)cc(Cl)cc1S(=O)(=O)NC1CCCCC1O. The lowest BCUT2D eigenvalue weighted by molar-refractivity contribution is 0.101. The number of ether oxygens (including phenoxy) is 1. The van der Waals surface area contributed by atoms with Gasteiger partial charge in [-0.2, -0.15) is 0 Å². The van der Waals surface area contributed by atoms with Crippen LogP contribution in [0.3, 0.4) is 0 Å². The van der Waals surface area contributed by atoms with Crippen LogP contribution in [0.15, 0.2) is 21.5 Å². The van der Waals surface area contributed by atoms with Gasteiger partial charge in [-0.25, -0.2) is 13.1 Å². The quantitative estimate of drug-likeness (QED) is 0.817. The zero-order valence-corrected chi connectivity index (χ0v) is 14.6. The van der Waals surface area contributed by atoms with E-state index in [0.29, 0.717) is 17.3 Å². The summed E-state index contributed by atoms with van der Waals surface area (Å²) in [5, 5.41) is 10.2. The van der Waals surface area contributed by atoms with E-state index < -0.39 is 22.2 Å². The smallest absolute Gasteiger partial charge is 0.244 e. The van der Waals surface area contributed by atoms with Crippen molar-refractivity contribution in [1.82, 2.24) is 4.72 Å². The largest absolute Gasteiger partial charge is 0.494 e. The molecule has 118 valence electrons. The van der Waals surface area contributed by atoms with E-state index in [4.69, 9.17) is 16.3 Å². The third-order valence-electron chi connectivity index (χ3n) is 3.50. The Labute approximate surface area is 137 Å². The van der Waals surface area contributed by atoms with Gasteiger partial charge in [-0.3, -0.25) is 0 Å². The first-order valence-electron chi connectivity index (χ1n) is 6.58. The van der Waals surface area contributed by atoms with Gasteiger partial charge in [0, 0.05) is 11.1 Å². The molecule has 0 bridgehead atoms. The molecule has 0 spiro atoms. The zero-order chi connectivity index (χ0) is 15.6. The fourth-order valence-corrected chi connectivity index (χ4v) is 5.13. The molecule has 2 N–H and O–H groups in total. The molecule has 1 aliphatic rings. The van der Waals surface area contributed by atoms with Crippen molar-refractivity contribution in [2.75, 3.05) is 7.11 Å². The molecule has 2 rings (SSSR count). The summed E-state index contributed by atoms with van der Waals surface area (Å²) in [6, 6.07) is 2.42. The van der Waals surface area contributed by atoms with Crippen molar-refractivity contribution in [3.8, 4) is 5.75 Å². The average Bonchev–Trinajstić information content (AvgIpc) is 2.40. The molecule has 2 unspecified atom stereocenters. The first kappa shape index (κ1) is 17.0. The molecule has 0 aromatic heterocycles. The number of hydrogen-bond donors (Lipinski definition) is 2. The lowest BCUT2D eigenvalue weighted by Gasteiger charge is -2.28. The number of aliphatic hydroxyl groups is 1. The summed E-state index contributed by atoms with van der Waals surface area (Å²) < 4.78 is 33.3. The van der Waals surface area contributed by atoms with Crippen LogP contribution in [0, 0.1) is 0 Å². The molecule has 0 radical (unpaired) electrons. The molecule has 1 saturated carbocycles. The van der Waals surface area contributed by atoms with Crippen LogP contribution in [0.1, 0.15) is 25.7 Å². The summed E-state index contributed by atoms with van der Waals surface area (Å²) in [7, 11) is -2.44. The molecular formula is C13H17BrClNO4S. The van der Waals surface area contributed by atoms with Gasteiger partial charge in [-0.15, -0.1) is 0 Å². The van der Waals surface area contributed by atoms with E-state index in [2.05, 4.69) is 20.7 Å². The van der Waals surface area contributed by atoms with Crippen molar-refractivity contribution < 1.29 is 18.3 Å². The summed E-state index contributed by atoms with van der Waals surface area (Å²) in [6.07, 6.45) is 2.35. The number of halogens is 2. The molecule has 1 fully saturated rings. The van der Waals surface area contributed by atoms with E-state index in [1.165, 1.54) is 13.2 Å². The summed E-state index contributed by atoms with van der Waals surface area (Å²) in [4.78, 5) is -0.0397. The Morgan fingerprint density at radius 1 is 1.38 bits per heavy atom. The predicted molar refractivity (Wildman–Crippen MR) is 84.3 cm³/mol. The van der Waals surface area contributed by atoms with E-state index in [1.54, 1.807) is 6.07 Å². The zero-order valence-electron chi connectivity index (χ0n) is 11.5. The van der Waals surface area contributed by atoms with Crippen molar-refractivity contribution >= 4 is 37.6 Å². The maximum Gasteiger partial charge on any atom is 0.244 e. The number of aliphatic hydroxyl groups excluding tert-OH is 1. The van der Waals surface area contributed by atoms with Gasteiger partial charge >= 0.3 is 0 Å². The van der Waals surface area contributed by atoms with Crippen LogP contribution in [-0.2, 0) is 10.0 Å². The number of benzene rings is 1. The third kappa shape index (κ3) is 3.90. The molecule has 0 aliphatic heterocycles. The maximum atomic E-state index is 12.5. The Morgan fingerprint density at radius 2 is 2.05 bits per heavy atom. The third-order valence-corrected chi connectivity index (χ3v) is 5.81. The lowest BCUT2D eigenvalue weighted by Crippen LogP contribution is -2.45. The Kier molecular flexibility index (Phi) is 5.54. The molecule has 21 heavy (non-hydrogen) atoms. The van der Waals surface area contributed by atoms with Crippen molar-refractivity contribution in [1.29, 1.82) is 0 Å². The standard InChI is InChI=1S/C13H17BrClNO4S/c1-20-13-9(14)6-8(15)7-12(13)21(18,19)16-10-4-2-3-5-11(10)17/h6-7,10-11,16-17H,2-5H2,1H3. The Morgan fingerprint density at radius 3 is 2.67 bits per heavy atom. The second kappa shape index (κ2) is 6.83. The van der Waals surface area contributed by atoms with Gasteiger partial charge in [-0.05, 0) is 40.9 Å². The van der Waals surface area contributed by atoms with Crippen LogP contribution in [0.4, 0.5) is 0 Å². The van der Waals surface area contributed by atoms with Crippen LogP contribution in [0.2, 0.25) is 5.02 Å². The second-order valence-electron chi connectivity index (χ2n) is 5.00. The van der Waals surface area contributed by atoms with Crippen LogP contribution >= 0.6 is 27.5 Å². The van der Waals surface area contributed by atoms with Crippen LogP contribution in [0.25, 0.3) is 0 Å². The molecule has 0 heterocycles. The fraction of sp³-hybridized carbons (Fsp3) is 0.538. The van der Waals surface area contributed by atoms with Gasteiger partial charge in [0.05, 0.1) is 17.7 Å². The Balaban J connectivity index is 2.35. The van der Waals surface area contributed by atoms with E-state index in [1.807, 2.05) is 0 Å². The van der Waals surface area contributed by atoms with Gasteiger partial charge < -0.3 is 9.84 Å². The number of nitrogens with one attached hydrogen (secondary N) is 1. The highest BCUT2D eigenvalue weighted by Crippen LogP contribution is 2.35. The second-order valence-corrected chi connectivity index (χ2v) is 7.97. The van der Waals surface area contributed by atoms with Crippen molar-refractivity contribution in [2.24, 2.45) is 0 Å².